The van der Waals surface area contributed by atoms with E-state index in [1.165, 1.54) is 97.4 Å². The minimum Gasteiger partial charge on any atom is -0.135 e. The fourth-order valence-corrected chi connectivity index (χ4v) is 8.61. The van der Waals surface area contributed by atoms with Crippen LogP contribution in [0, 0.1) is 41.5 Å². The average Bonchev–Trinajstić information content (AvgIpc) is 3.53. The van der Waals surface area contributed by atoms with Gasteiger partial charge in [0.1, 0.15) is 0 Å². The van der Waals surface area contributed by atoms with E-state index in [0.717, 1.165) is 0 Å². The van der Waals surface area contributed by atoms with E-state index in [0.29, 0.717) is 0 Å². The first-order chi connectivity index (χ1) is 24.8. The van der Waals surface area contributed by atoms with E-state index >= 15 is 0 Å². The minimum absolute atomic E-state index is 1.29. The van der Waals surface area contributed by atoms with E-state index in [9.17, 15) is 0 Å². The van der Waals surface area contributed by atoms with Crippen LogP contribution in [0.15, 0.2) is 158 Å². The van der Waals surface area contributed by atoms with Gasteiger partial charge in [0.25, 0.3) is 0 Å². The van der Waals surface area contributed by atoms with Gasteiger partial charge in [0.05, 0.1) is 0 Å². The molecule has 9 rings (SSSR count). The largest absolute Gasteiger partial charge is 0.135 e. The molecule has 0 unspecified atom stereocenters. The van der Waals surface area contributed by atoms with Gasteiger partial charge in [0, 0.05) is 20.2 Å². The molecular formula is C50H44S. The van der Waals surface area contributed by atoms with E-state index < -0.39 is 0 Å². The van der Waals surface area contributed by atoms with E-state index in [2.05, 4.69) is 163 Å². The van der Waals surface area contributed by atoms with Crippen LogP contribution >= 0.6 is 11.3 Å². The lowest BCUT2D eigenvalue weighted by molar-refractivity contribution is 1.39. The Labute approximate surface area is 306 Å². The highest BCUT2D eigenvalue weighted by Crippen LogP contribution is 2.49. The first-order valence-corrected chi connectivity index (χ1v) is 18.6. The van der Waals surface area contributed by atoms with Crippen LogP contribution in [0.5, 0.6) is 0 Å². The van der Waals surface area contributed by atoms with Crippen LogP contribution in [0.2, 0.25) is 0 Å². The normalized spacial score (nSPS) is 10.9. The van der Waals surface area contributed by atoms with Gasteiger partial charge in [0.15, 0.2) is 0 Å². The van der Waals surface area contributed by atoms with Crippen molar-refractivity contribution in [2.24, 2.45) is 0 Å². The molecule has 0 aliphatic carbocycles. The Kier molecular flexibility index (Phi) is 9.84. The zero-order chi connectivity index (χ0) is 35.5. The zero-order valence-corrected chi connectivity index (χ0v) is 31.2. The number of hydrogen-bond donors (Lipinski definition) is 0. The summed E-state index contributed by atoms with van der Waals surface area (Å²) in [7, 11) is 0. The van der Waals surface area contributed by atoms with Crippen molar-refractivity contribution >= 4 is 53.1 Å². The SMILES string of the molecule is Cc1ccc2ccccc2c1-c1c(C)c(-c2c(C)ccc3sc4ccccc4c23)c(C)c2ccccc12.Cc1ccccc1.Cc1ccccc1. The molecule has 0 spiro atoms. The predicted molar refractivity (Wildman–Crippen MR) is 227 cm³/mol. The molecule has 1 heterocycles. The van der Waals surface area contributed by atoms with Crippen molar-refractivity contribution in [3.8, 4) is 22.3 Å². The van der Waals surface area contributed by atoms with Crippen molar-refractivity contribution in [2.45, 2.75) is 41.5 Å². The molecule has 0 saturated heterocycles. The summed E-state index contributed by atoms with van der Waals surface area (Å²) in [4.78, 5) is 0. The topological polar surface area (TPSA) is 0 Å². The van der Waals surface area contributed by atoms with E-state index in [1.807, 2.05) is 47.7 Å². The number of thiophene rings is 1. The summed E-state index contributed by atoms with van der Waals surface area (Å²) >= 11 is 1.90. The van der Waals surface area contributed by atoms with Gasteiger partial charge in [-0.2, -0.15) is 0 Å². The van der Waals surface area contributed by atoms with Crippen LogP contribution in [0.4, 0.5) is 0 Å². The lowest BCUT2D eigenvalue weighted by Gasteiger charge is -2.23. The van der Waals surface area contributed by atoms with Gasteiger partial charge in [0.2, 0.25) is 0 Å². The summed E-state index contributed by atoms with van der Waals surface area (Å²) in [6, 6.07) is 56.3. The molecule has 1 heteroatoms. The van der Waals surface area contributed by atoms with Gasteiger partial charge in [-0.05, 0) is 120 Å². The Morgan fingerprint density at radius 1 is 0.314 bits per heavy atom. The molecule has 9 aromatic rings. The quantitative estimate of drug-likeness (QED) is 0.171. The van der Waals surface area contributed by atoms with Crippen molar-refractivity contribution in [3.63, 3.8) is 0 Å². The number of hydrogen-bond acceptors (Lipinski definition) is 1. The Bertz CT molecular complexity index is 2590. The fraction of sp³-hybridized carbons (Fsp3) is 0.120. The van der Waals surface area contributed by atoms with Crippen molar-refractivity contribution in [1.82, 2.24) is 0 Å². The van der Waals surface area contributed by atoms with Gasteiger partial charge in [-0.15, -0.1) is 11.3 Å². The third-order valence-corrected chi connectivity index (χ3v) is 11.1. The molecule has 0 fully saturated rings. The van der Waals surface area contributed by atoms with Crippen LogP contribution in [-0.4, -0.2) is 0 Å². The highest BCUT2D eigenvalue weighted by molar-refractivity contribution is 7.25. The van der Waals surface area contributed by atoms with Crippen LogP contribution in [0.3, 0.4) is 0 Å². The first kappa shape index (κ1) is 34.0. The Morgan fingerprint density at radius 2 is 0.824 bits per heavy atom. The predicted octanol–water partition coefficient (Wildman–Crippen LogP) is 14.9. The van der Waals surface area contributed by atoms with Crippen LogP contribution in [0.25, 0.3) is 64.0 Å². The summed E-state index contributed by atoms with van der Waals surface area (Å²) in [5.41, 5.74) is 13.5. The average molecular weight is 677 g/mol. The highest BCUT2D eigenvalue weighted by Gasteiger charge is 2.23. The Morgan fingerprint density at radius 3 is 1.45 bits per heavy atom. The molecule has 0 atom stereocenters. The van der Waals surface area contributed by atoms with Crippen molar-refractivity contribution in [1.29, 1.82) is 0 Å². The zero-order valence-electron chi connectivity index (χ0n) is 30.4. The van der Waals surface area contributed by atoms with Crippen LogP contribution in [0.1, 0.15) is 33.4 Å². The number of benzene rings is 8. The molecule has 1 aromatic heterocycles. The van der Waals surface area contributed by atoms with Crippen LogP contribution in [-0.2, 0) is 0 Å². The molecule has 0 N–H and O–H groups in total. The standard InChI is InChI=1S/C36H28S.2C7H8/c1-21-17-19-25-11-5-6-13-27(25)32(21)35-24(4)34(23(3)26-12-7-8-14-28(26)35)33-22(2)18-20-31-36(33)29-15-9-10-16-30(29)37-31;2*1-7-5-3-2-4-6-7/h5-20H,1-4H3;2*2-6H,1H3. The van der Waals surface area contributed by atoms with Gasteiger partial charge >= 0.3 is 0 Å². The van der Waals surface area contributed by atoms with Gasteiger partial charge in [-0.1, -0.05) is 157 Å². The molecular weight excluding hydrogens is 633 g/mol. The molecule has 0 bridgehead atoms. The smallest absolute Gasteiger partial charge is 0.0361 e. The minimum atomic E-state index is 1.29. The van der Waals surface area contributed by atoms with Crippen molar-refractivity contribution in [3.05, 3.63) is 191 Å². The molecule has 51 heavy (non-hydrogen) atoms. The highest BCUT2D eigenvalue weighted by atomic mass is 32.1. The maximum absolute atomic E-state index is 2.35. The number of fused-ring (bicyclic) bond motifs is 5. The van der Waals surface area contributed by atoms with E-state index in [1.54, 1.807) is 0 Å². The van der Waals surface area contributed by atoms with Gasteiger partial charge < -0.3 is 0 Å². The third-order valence-electron chi connectivity index (χ3n) is 10.00. The fourth-order valence-electron chi connectivity index (χ4n) is 7.49. The molecule has 250 valence electrons. The second kappa shape index (κ2) is 14.8. The molecule has 0 nitrogen and oxygen atoms in total. The molecule has 0 saturated carbocycles. The summed E-state index contributed by atoms with van der Waals surface area (Å²) < 4.78 is 2.71. The second-order valence-corrected chi connectivity index (χ2v) is 14.6. The van der Waals surface area contributed by atoms with Crippen molar-refractivity contribution < 1.29 is 0 Å². The van der Waals surface area contributed by atoms with Gasteiger partial charge in [-0.25, -0.2) is 0 Å². The number of aryl methyl sites for hydroxylation is 5. The van der Waals surface area contributed by atoms with Crippen molar-refractivity contribution in [2.75, 3.05) is 0 Å². The maximum Gasteiger partial charge on any atom is 0.0361 e. The van der Waals surface area contributed by atoms with Gasteiger partial charge in [-0.3, -0.25) is 0 Å². The maximum atomic E-state index is 2.35. The third kappa shape index (κ3) is 6.70. The molecule has 0 aliphatic rings. The summed E-state index contributed by atoms with van der Waals surface area (Å²) in [6.45, 7) is 13.4. The summed E-state index contributed by atoms with van der Waals surface area (Å²) in [5.74, 6) is 0. The van der Waals surface area contributed by atoms with E-state index in [-0.39, 0.29) is 0 Å². The first-order valence-electron chi connectivity index (χ1n) is 17.8. The Balaban J connectivity index is 0.000000242. The summed E-state index contributed by atoms with van der Waals surface area (Å²) in [5, 5.41) is 8.03. The number of rotatable bonds is 2. The summed E-state index contributed by atoms with van der Waals surface area (Å²) in [6.07, 6.45) is 0. The Hall–Kier alpha value is -5.50. The molecule has 0 aliphatic heterocycles. The second-order valence-electron chi connectivity index (χ2n) is 13.6. The lowest BCUT2D eigenvalue weighted by Crippen LogP contribution is -1.99. The monoisotopic (exact) mass is 676 g/mol. The molecule has 0 radical (unpaired) electrons. The molecule has 0 amide bonds. The van der Waals surface area contributed by atoms with Crippen LogP contribution < -0.4 is 0 Å². The van der Waals surface area contributed by atoms with E-state index in [4.69, 9.17) is 0 Å². The lowest BCUT2D eigenvalue weighted by atomic mass is 9.80. The molecule has 8 aromatic carbocycles.